The average molecular weight is 431 g/mol. The number of rotatable bonds is 6. The van der Waals surface area contributed by atoms with Gasteiger partial charge in [-0.2, -0.15) is 0 Å². The Hall–Kier alpha value is -3.80. The molecule has 6 heteroatoms. The topological polar surface area (TPSA) is 66.8 Å². The first-order chi connectivity index (χ1) is 15.4. The van der Waals surface area contributed by atoms with Crippen LogP contribution in [0.15, 0.2) is 54.6 Å². The molecule has 1 aromatic heterocycles. The van der Waals surface area contributed by atoms with Crippen molar-refractivity contribution in [1.29, 1.82) is 0 Å². The monoisotopic (exact) mass is 431 g/mol. The van der Waals surface area contributed by atoms with E-state index < -0.39 is 11.9 Å². The van der Waals surface area contributed by atoms with Gasteiger partial charge in [-0.1, -0.05) is 42.5 Å². The van der Waals surface area contributed by atoms with Crippen molar-refractivity contribution >= 4 is 33.6 Å². The van der Waals surface area contributed by atoms with E-state index in [-0.39, 0.29) is 13.2 Å². The highest BCUT2D eigenvalue weighted by Gasteiger charge is 2.23. The number of fused-ring (bicyclic) bond motifs is 3. The van der Waals surface area contributed by atoms with Crippen molar-refractivity contribution in [2.45, 2.75) is 20.8 Å². The predicted octanol–water partition coefficient (Wildman–Crippen LogP) is 5.11. The number of nitrogens with zero attached hydrogens (tertiary/aromatic N) is 1. The molecular formula is C26H25NO5. The molecule has 1 heterocycles. The van der Waals surface area contributed by atoms with Crippen LogP contribution in [0.4, 0.5) is 0 Å². The van der Waals surface area contributed by atoms with Gasteiger partial charge >= 0.3 is 11.9 Å². The van der Waals surface area contributed by atoms with Crippen LogP contribution in [0.2, 0.25) is 0 Å². The number of carbonyl (C=O) groups is 2. The molecule has 4 rings (SSSR count). The number of hydrogen-bond acceptors (Lipinski definition) is 5. The highest BCUT2D eigenvalue weighted by molar-refractivity contribution is 6.16. The summed E-state index contributed by atoms with van der Waals surface area (Å²) in [6.07, 6.45) is 0. The van der Waals surface area contributed by atoms with Crippen molar-refractivity contribution in [3.63, 3.8) is 0 Å². The molecule has 32 heavy (non-hydrogen) atoms. The van der Waals surface area contributed by atoms with Gasteiger partial charge in [-0.3, -0.25) is 0 Å². The van der Waals surface area contributed by atoms with Crippen molar-refractivity contribution in [3.8, 4) is 11.5 Å². The molecule has 0 N–H and O–H groups in total. The molecule has 0 unspecified atom stereocenters. The molecule has 0 radical (unpaired) electrons. The van der Waals surface area contributed by atoms with Crippen LogP contribution in [0.25, 0.3) is 21.7 Å². The smallest absolute Gasteiger partial charge is 0.349 e. The van der Waals surface area contributed by atoms with Gasteiger partial charge in [0.25, 0.3) is 0 Å². The van der Waals surface area contributed by atoms with E-state index >= 15 is 0 Å². The molecule has 0 aliphatic rings. The van der Waals surface area contributed by atoms with E-state index in [1.54, 1.807) is 13.0 Å². The molecule has 0 bridgehead atoms. The lowest BCUT2D eigenvalue weighted by molar-refractivity contribution is -0.136. The van der Waals surface area contributed by atoms with E-state index in [0.29, 0.717) is 22.4 Å². The van der Waals surface area contributed by atoms with Crippen LogP contribution in [-0.4, -0.2) is 29.7 Å². The highest BCUT2D eigenvalue weighted by atomic mass is 16.6. The maximum absolute atomic E-state index is 12.7. The number of aromatic nitrogens is 1. The van der Waals surface area contributed by atoms with Gasteiger partial charge in [-0.25, -0.2) is 9.59 Å². The molecule has 0 saturated carbocycles. The zero-order valence-corrected chi connectivity index (χ0v) is 18.6. The Balaban J connectivity index is 1.75. The van der Waals surface area contributed by atoms with Gasteiger partial charge in [0.1, 0.15) is 11.5 Å². The first-order valence-corrected chi connectivity index (χ1v) is 10.5. The molecule has 3 aromatic carbocycles. The van der Waals surface area contributed by atoms with E-state index in [0.717, 1.165) is 27.5 Å². The minimum absolute atomic E-state index is 0.226. The molecule has 0 aliphatic heterocycles. The minimum Gasteiger partial charge on any atom is -0.482 e. The predicted molar refractivity (Wildman–Crippen MR) is 123 cm³/mol. The van der Waals surface area contributed by atoms with Gasteiger partial charge in [0.15, 0.2) is 6.61 Å². The van der Waals surface area contributed by atoms with E-state index in [4.69, 9.17) is 14.2 Å². The number of para-hydroxylation sites is 1. The number of benzene rings is 3. The van der Waals surface area contributed by atoms with E-state index in [1.165, 1.54) is 0 Å². The summed E-state index contributed by atoms with van der Waals surface area (Å²) in [7, 11) is 1.91. The lowest BCUT2D eigenvalue weighted by Gasteiger charge is -2.12. The molecule has 0 aliphatic carbocycles. The van der Waals surface area contributed by atoms with Crippen molar-refractivity contribution in [3.05, 3.63) is 71.4 Å². The van der Waals surface area contributed by atoms with Gasteiger partial charge in [-0.15, -0.1) is 0 Å². The number of esters is 2. The zero-order valence-electron chi connectivity index (χ0n) is 18.6. The van der Waals surface area contributed by atoms with Crippen LogP contribution in [0.3, 0.4) is 0 Å². The summed E-state index contributed by atoms with van der Waals surface area (Å²) >= 11 is 0. The first kappa shape index (κ1) is 21.4. The highest BCUT2D eigenvalue weighted by Crippen LogP contribution is 2.37. The van der Waals surface area contributed by atoms with Gasteiger partial charge in [0.2, 0.25) is 0 Å². The Morgan fingerprint density at radius 1 is 0.906 bits per heavy atom. The lowest BCUT2D eigenvalue weighted by Crippen LogP contribution is -2.18. The van der Waals surface area contributed by atoms with Crippen molar-refractivity contribution in [2.75, 3.05) is 13.2 Å². The van der Waals surface area contributed by atoms with Crippen LogP contribution in [-0.2, 0) is 16.6 Å². The van der Waals surface area contributed by atoms with Gasteiger partial charge in [0, 0.05) is 28.9 Å². The molecule has 164 valence electrons. The summed E-state index contributed by atoms with van der Waals surface area (Å²) in [5, 5.41) is 2.35. The minimum atomic E-state index is -0.525. The average Bonchev–Trinajstić information content (AvgIpc) is 3.03. The fraction of sp³-hybridized carbons (Fsp3) is 0.231. The molecule has 0 spiro atoms. The lowest BCUT2D eigenvalue weighted by atomic mass is 10.0. The van der Waals surface area contributed by atoms with Crippen LogP contribution >= 0.6 is 0 Å². The second kappa shape index (κ2) is 8.75. The first-order valence-electron chi connectivity index (χ1n) is 10.5. The van der Waals surface area contributed by atoms with E-state index in [1.807, 2.05) is 74.0 Å². The second-order valence-corrected chi connectivity index (χ2v) is 7.58. The van der Waals surface area contributed by atoms with Gasteiger partial charge < -0.3 is 18.8 Å². The van der Waals surface area contributed by atoms with Crippen molar-refractivity contribution in [1.82, 2.24) is 4.57 Å². The molecule has 6 nitrogen and oxygen atoms in total. The number of hydrogen-bond donors (Lipinski definition) is 0. The molecule has 0 saturated heterocycles. The normalized spacial score (nSPS) is 11.0. The number of carbonyl (C=O) groups excluding carboxylic acids is 2. The second-order valence-electron chi connectivity index (χ2n) is 7.58. The maximum Gasteiger partial charge on any atom is 0.349 e. The molecule has 0 amide bonds. The molecule has 0 fully saturated rings. The Bertz CT molecular complexity index is 1340. The Labute approximate surface area is 186 Å². The summed E-state index contributed by atoms with van der Waals surface area (Å²) in [6, 6.07) is 16.9. The summed E-state index contributed by atoms with van der Waals surface area (Å²) in [4.78, 5) is 25.3. The Morgan fingerprint density at radius 3 is 2.31 bits per heavy atom. The fourth-order valence-corrected chi connectivity index (χ4v) is 3.96. The standard InChI is InChI=1S/C26H25NO5/c1-5-30-26(29)24-17(3)27(4)25-19-12-8-7-11-18(19)22(14-20(24)25)32-23(28)15-31-21-13-9-6-10-16(21)2/h6-14H,5,15H2,1-4H3. The van der Waals surface area contributed by atoms with Crippen molar-refractivity contribution in [2.24, 2.45) is 7.05 Å². The molecular weight excluding hydrogens is 406 g/mol. The fourth-order valence-electron chi connectivity index (χ4n) is 3.96. The number of ether oxygens (including phenoxy) is 3. The number of aryl methyl sites for hydroxylation is 2. The van der Waals surface area contributed by atoms with Crippen LogP contribution in [0.5, 0.6) is 11.5 Å². The molecule has 4 aromatic rings. The van der Waals surface area contributed by atoms with E-state index in [2.05, 4.69) is 0 Å². The summed E-state index contributed by atoms with van der Waals surface area (Å²) in [6.45, 7) is 5.62. The van der Waals surface area contributed by atoms with E-state index in [9.17, 15) is 9.59 Å². The summed E-state index contributed by atoms with van der Waals surface area (Å²) in [5.74, 6) is 0.0878. The third kappa shape index (κ3) is 3.80. The third-order valence-electron chi connectivity index (χ3n) is 5.59. The van der Waals surface area contributed by atoms with Gasteiger partial charge in [-0.05, 0) is 38.5 Å². The Morgan fingerprint density at radius 2 is 1.59 bits per heavy atom. The van der Waals surface area contributed by atoms with Gasteiger partial charge in [0.05, 0.1) is 17.7 Å². The van der Waals surface area contributed by atoms with Crippen LogP contribution in [0.1, 0.15) is 28.5 Å². The Kier molecular flexibility index (Phi) is 5.86. The molecule has 0 atom stereocenters. The summed E-state index contributed by atoms with van der Waals surface area (Å²) < 4.78 is 18.6. The van der Waals surface area contributed by atoms with Crippen LogP contribution in [0, 0.1) is 13.8 Å². The van der Waals surface area contributed by atoms with Crippen LogP contribution < -0.4 is 9.47 Å². The quantitative estimate of drug-likeness (QED) is 0.314. The SMILES string of the molecule is CCOC(=O)c1c(C)n(C)c2c1cc(OC(=O)COc1ccccc1C)c1ccccc12. The maximum atomic E-state index is 12.7. The summed E-state index contributed by atoms with van der Waals surface area (Å²) in [5.41, 5.74) is 3.08. The third-order valence-corrected chi connectivity index (χ3v) is 5.59. The van der Waals surface area contributed by atoms with Crippen molar-refractivity contribution < 1.29 is 23.8 Å². The largest absolute Gasteiger partial charge is 0.482 e. The zero-order chi connectivity index (χ0) is 22.8.